The first-order valence-electron chi connectivity index (χ1n) is 3.71. The van der Waals surface area contributed by atoms with E-state index in [1.165, 1.54) is 0 Å². The molecule has 0 saturated carbocycles. The zero-order valence-electron chi connectivity index (χ0n) is 6.57. The smallest absolute Gasteiger partial charge is 0.0484 e. The van der Waals surface area contributed by atoms with Crippen LogP contribution >= 0.6 is 11.6 Å². The summed E-state index contributed by atoms with van der Waals surface area (Å²) in [5.74, 6) is 0. The molecular formula is C8H11ClN2O. The molecule has 1 aromatic heterocycles. The van der Waals surface area contributed by atoms with Crippen molar-refractivity contribution in [3.63, 3.8) is 0 Å². The number of hydrogen-bond donors (Lipinski definition) is 2. The molecule has 12 heavy (non-hydrogen) atoms. The maximum absolute atomic E-state index is 8.65. The highest BCUT2D eigenvalue weighted by atomic mass is 35.5. The van der Waals surface area contributed by atoms with Crippen LogP contribution in [0.4, 0.5) is 0 Å². The molecule has 0 aromatic carbocycles. The van der Waals surface area contributed by atoms with E-state index in [9.17, 15) is 0 Å². The second-order valence-electron chi connectivity index (χ2n) is 2.52. The molecule has 0 unspecified atom stereocenters. The summed E-state index contributed by atoms with van der Waals surface area (Å²) in [5.41, 5.74) is 6.51. The molecule has 0 saturated heterocycles. The SMILES string of the molecule is N[C@H](CCO)c1cnccc1Cl. The van der Waals surface area contributed by atoms with E-state index in [1.54, 1.807) is 18.5 Å². The lowest BCUT2D eigenvalue weighted by Crippen LogP contribution is -2.12. The van der Waals surface area contributed by atoms with Crippen molar-refractivity contribution < 1.29 is 5.11 Å². The van der Waals surface area contributed by atoms with E-state index < -0.39 is 0 Å². The van der Waals surface area contributed by atoms with Gasteiger partial charge in [-0.1, -0.05) is 11.6 Å². The summed E-state index contributed by atoms with van der Waals surface area (Å²) in [4.78, 5) is 3.90. The highest BCUT2D eigenvalue weighted by Crippen LogP contribution is 2.21. The van der Waals surface area contributed by atoms with Gasteiger partial charge in [-0.05, 0) is 12.5 Å². The van der Waals surface area contributed by atoms with Crippen molar-refractivity contribution in [3.05, 3.63) is 29.0 Å². The van der Waals surface area contributed by atoms with Crippen LogP contribution in [0.5, 0.6) is 0 Å². The van der Waals surface area contributed by atoms with Gasteiger partial charge in [0.15, 0.2) is 0 Å². The summed E-state index contributed by atoms with van der Waals surface area (Å²) in [6, 6.07) is 1.46. The number of nitrogens with zero attached hydrogens (tertiary/aromatic N) is 1. The third-order valence-corrected chi connectivity index (χ3v) is 1.98. The zero-order valence-corrected chi connectivity index (χ0v) is 7.33. The van der Waals surface area contributed by atoms with Crippen molar-refractivity contribution in [3.8, 4) is 0 Å². The van der Waals surface area contributed by atoms with Gasteiger partial charge >= 0.3 is 0 Å². The van der Waals surface area contributed by atoms with Gasteiger partial charge in [-0.25, -0.2) is 0 Å². The maximum atomic E-state index is 8.65. The lowest BCUT2D eigenvalue weighted by Gasteiger charge is -2.10. The third kappa shape index (κ3) is 2.17. The fourth-order valence-electron chi connectivity index (χ4n) is 0.957. The van der Waals surface area contributed by atoms with Crippen LogP contribution in [0.2, 0.25) is 5.02 Å². The largest absolute Gasteiger partial charge is 0.396 e. The van der Waals surface area contributed by atoms with Crippen LogP contribution in [-0.2, 0) is 0 Å². The lowest BCUT2D eigenvalue weighted by molar-refractivity contribution is 0.276. The molecule has 3 nitrogen and oxygen atoms in total. The maximum Gasteiger partial charge on any atom is 0.0484 e. The van der Waals surface area contributed by atoms with Gasteiger partial charge in [0.25, 0.3) is 0 Å². The minimum Gasteiger partial charge on any atom is -0.396 e. The molecule has 4 heteroatoms. The van der Waals surface area contributed by atoms with Crippen LogP contribution in [0, 0.1) is 0 Å². The van der Waals surface area contributed by atoms with Crippen LogP contribution < -0.4 is 5.73 Å². The van der Waals surface area contributed by atoms with Gasteiger partial charge in [0.2, 0.25) is 0 Å². The monoisotopic (exact) mass is 186 g/mol. The number of aliphatic hydroxyl groups excluding tert-OH is 1. The van der Waals surface area contributed by atoms with E-state index in [0.29, 0.717) is 11.4 Å². The number of pyridine rings is 1. The Bertz CT molecular complexity index is 255. The van der Waals surface area contributed by atoms with E-state index in [-0.39, 0.29) is 12.6 Å². The molecule has 0 aliphatic heterocycles. The van der Waals surface area contributed by atoms with Crippen molar-refractivity contribution >= 4 is 11.6 Å². The summed E-state index contributed by atoms with van der Waals surface area (Å²) >= 11 is 5.85. The summed E-state index contributed by atoms with van der Waals surface area (Å²) in [7, 11) is 0. The Hall–Kier alpha value is -0.640. The minimum atomic E-state index is -0.226. The van der Waals surface area contributed by atoms with Crippen molar-refractivity contribution in [2.24, 2.45) is 5.73 Å². The number of nitrogens with two attached hydrogens (primary N) is 1. The molecule has 0 fully saturated rings. The molecule has 0 aliphatic rings. The van der Waals surface area contributed by atoms with Gasteiger partial charge in [0, 0.05) is 35.6 Å². The van der Waals surface area contributed by atoms with Crippen LogP contribution in [0.3, 0.4) is 0 Å². The highest BCUT2D eigenvalue weighted by molar-refractivity contribution is 6.31. The van der Waals surface area contributed by atoms with Crippen molar-refractivity contribution in [2.45, 2.75) is 12.5 Å². The van der Waals surface area contributed by atoms with Crippen molar-refractivity contribution in [1.29, 1.82) is 0 Å². The van der Waals surface area contributed by atoms with Crippen LogP contribution in [-0.4, -0.2) is 16.7 Å². The minimum absolute atomic E-state index is 0.0619. The molecule has 0 aliphatic carbocycles. The van der Waals surface area contributed by atoms with E-state index in [0.717, 1.165) is 5.56 Å². The Balaban J connectivity index is 2.79. The van der Waals surface area contributed by atoms with Crippen molar-refractivity contribution in [1.82, 2.24) is 4.98 Å². The first-order valence-corrected chi connectivity index (χ1v) is 4.09. The molecule has 1 heterocycles. The molecular weight excluding hydrogens is 176 g/mol. The van der Waals surface area contributed by atoms with Crippen LogP contribution in [0.1, 0.15) is 18.0 Å². The molecule has 3 N–H and O–H groups in total. The Kier molecular flexibility index (Phi) is 3.47. The van der Waals surface area contributed by atoms with Gasteiger partial charge in [0.1, 0.15) is 0 Å². The zero-order chi connectivity index (χ0) is 8.97. The van der Waals surface area contributed by atoms with Gasteiger partial charge in [-0.2, -0.15) is 0 Å². The fourth-order valence-corrected chi connectivity index (χ4v) is 1.20. The highest BCUT2D eigenvalue weighted by Gasteiger charge is 2.08. The molecule has 0 radical (unpaired) electrons. The van der Waals surface area contributed by atoms with E-state index in [1.807, 2.05) is 0 Å². The van der Waals surface area contributed by atoms with E-state index in [2.05, 4.69) is 4.98 Å². The lowest BCUT2D eigenvalue weighted by atomic mass is 10.1. The van der Waals surface area contributed by atoms with E-state index >= 15 is 0 Å². The predicted molar refractivity (Wildman–Crippen MR) is 47.9 cm³/mol. The molecule has 1 rings (SSSR count). The summed E-state index contributed by atoms with van der Waals surface area (Å²) in [6.45, 7) is 0.0619. The van der Waals surface area contributed by atoms with Gasteiger partial charge in [0.05, 0.1) is 0 Å². The summed E-state index contributed by atoms with van der Waals surface area (Å²) in [6.07, 6.45) is 3.74. The second kappa shape index (κ2) is 4.40. The van der Waals surface area contributed by atoms with Crippen molar-refractivity contribution in [2.75, 3.05) is 6.61 Å². The Labute approximate surface area is 76.2 Å². The van der Waals surface area contributed by atoms with Crippen LogP contribution in [0.25, 0.3) is 0 Å². The molecule has 66 valence electrons. The first-order chi connectivity index (χ1) is 5.75. The number of rotatable bonds is 3. The molecule has 1 atom stereocenters. The van der Waals surface area contributed by atoms with Crippen LogP contribution in [0.15, 0.2) is 18.5 Å². The topological polar surface area (TPSA) is 59.1 Å². The molecule has 0 amide bonds. The third-order valence-electron chi connectivity index (χ3n) is 1.64. The average molecular weight is 187 g/mol. The second-order valence-corrected chi connectivity index (χ2v) is 2.92. The standard InChI is InChI=1S/C8H11ClN2O/c9-7-1-3-11-5-6(7)8(10)2-4-12/h1,3,5,8,12H,2,4,10H2/t8-/m1/s1. The Morgan fingerprint density at radius 2 is 2.42 bits per heavy atom. The first kappa shape index (κ1) is 9.45. The number of aliphatic hydroxyl groups is 1. The van der Waals surface area contributed by atoms with Gasteiger partial charge < -0.3 is 10.8 Å². The number of hydrogen-bond acceptors (Lipinski definition) is 3. The Morgan fingerprint density at radius 3 is 3.00 bits per heavy atom. The van der Waals surface area contributed by atoms with E-state index in [4.69, 9.17) is 22.4 Å². The van der Waals surface area contributed by atoms with Gasteiger partial charge in [-0.15, -0.1) is 0 Å². The van der Waals surface area contributed by atoms with Gasteiger partial charge in [-0.3, -0.25) is 4.98 Å². The quantitative estimate of drug-likeness (QED) is 0.744. The number of aromatic nitrogens is 1. The average Bonchev–Trinajstić information content (AvgIpc) is 2.05. The number of halogens is 1. The molecule has 0 bridgehead atoms. The normalized spacial score (nSPS) is 12.9. The summed E-state index contributed by atoms with van der Waals surface area (Å²) in [5, 5.41) is 9.25. The fraction of sp³-hybridized carbons (Fsp3) is 0.375. The summed E-state index contributed by atoms with van der Waals surface area (Å²) < 4.78 is 0. The molecule has 0 spiro atoms. The molecule has 1 aromatic rings. The predicted octanol–water partition coefficient (Wildman–Crippen LogP) is 1.12. The Morgan fingerprint density at radius 1 is 1.67 bits per heavy atom.